The van der Waals surface area contributed by atoms with Gasteiger partial charge < -0.3 is 5.32 Å². The molecule has 0 saturated carbocycles. The SMILES string of the molecule is CC(CS(C)=O)NC1C[C@H](C)Sc2sccc21. The average molecular weight is 289 g/mol. The van der Waals surface area contributed by atoms with Crippen LogP contribution >= 0.6 is 23.1 Å². The average Bonchev–Trinajstić information content (AvgIpc) is 2.63. The molecule has 96 valence electrons. The molecule has 0 amide bonds. The molecule has 3 unspecified atom stereocenters. The number of thioether (sulfide) groups is 1. The van der Waals surface area contributed by atoms with Crippen LogP contribution in [-0.4, -0.2) is 27.5 Å². The number of hydrogen-bond acceptors (Lipinski definition) is 4. The van der Waals surface area contributed by atoms with Crippen molar-refractivity contribution in [3.05, 3.63) is 17.0 Å². The maximum atomic E-state index is 11.2. The zero-order valence-corrected chi connectivity index (χ0v) is 12.9. The minimum atomic E-state index is -0.722. The molecule has 1 aliphatic heterocycles. The number of fused-ring (bicyclic) bond motifs is 1. The summed E-state index contributed by atoms with van der Waals surface area (Å²) < 4.78 is 12.7. The summed E-state index contributed by atoms with van der Waals surface area (Å²) in [7, 11) is -0.722. The summed E-state index contributed by atoms with van der Waals surface area (Å²) in [4.78, 5) is 0. The van der Waals surface area contributed by atoms with Gasteiger partial charge in [0, 0.05) is 40.1 Å². The van der Waals surface area contributed by atoms with Crippen molar-refractivity contribution in [2.75, 3.05) is 12.0 Å². The van der Waals surface area contributed by atoms with Crippen molar-refractivity contribution < 1.29 is 4.21 Å². The van der Waals surface area contributed by atoms with E-state index in [-0.39, 0.29) is 0 Å². The molecule has 0 spiro atoms. The van der Waals surface area contributed by atoms with Crippen LogP contribution in [0.2, 0.25) is 0 Å². The first-order chi connectivity index (χ1) is 8.06. The van der Waals surface area contributed by atoms with Crippen LogP contribution in [0.5, 0.6) is 0 Å². The molecule has 1 aliphatic rings. The highest BCUT2D eigenvalue weighted by atomic mass is 32.2. The molecule has 2 rings (SSSR count). The first-order valence-electron chi connectivity index (χ1n) is 5.86. The summed E-state index contributed by atoms with van der Waals surface area (Å²) in [5.41, 5.74) is 1.44. The second kappa shape index (κ2) is 5.87. The van der Waals surface area contributed by atoms with Gasteiger partial charge in [-0.25, -0.2) is 0 Å². The second-order valence-electron chi connectivity index (χ2n) is 4.69. The normalized spacial score (nSPS) is 27.5. The highest BCUT2D eigenvalue weighted by Gasteiger charge is 2.27. The third-order valence-corrected chi connectivity index (χ3v) is 6.19. The molecular weight excluding hydrogens is 270 g/mol. The van der Waals surface area contributed by atoms with E-state index in [1.807, 2.05) is 23.1 Å². The van der Waals surface area contributed by atoms with Crippen LogP contribution in [0, 0.1) is 0 Å². The first-order valence-corrected chi connectivity index (χ1v) is 9.35. The van der Waals surface area contributed by atoms with E-state index in [0.29, 0.717) is 17.3 Å². The lowest BCUT2D eigenvalue weighted by Crippen LogP contribution is -2.36. The molecule has 1 N–H and O–H groups in total. The van der Waals surface area contributed by atoms with Crippen LogP contribution in [0.15, 0.2) is 15.7 Å². The van der Waals surface area contributed by atoms with E-state index in [9.17, 15) is 4.21 Å². The molecule has 17 heavy (non-hydrogen) atoms. The zero-order valence-electron chi connectivity index (χ0n) is 10.4. The van der Waals surface area contributed by atoms with Crippen molar-refractivity contribution in [3.8, 4) is 0 Å². The predicted octanol–water partition coefficient (Wildman–Crippen LogP) is 3.03. The monoisotopic (exact) mass is 289 g/mol. The van der Waals surface area contributed by atoms with Crippen molar-refractivity contribution in [2.45, 2.75) is 41.8 Å². The van der Waals surface area contributed by atoms with Gasteiger partial charge in [-0.15, -0.1) is 23.1 Å². The summed E-state index contributed by atoms with van der Waals surface area (Å²) in [6, 6.07) is 2.98. The standard InChI is InChI=1S/C12H19NOS3/c1-8(7-17(3)14)13-11-6-9(2)16-12-10(11)4-5-15-12/h4-5,8-9,11,13H,6-7H2,1-3H3/t8?,9-,11?,17?/m0/s1. The van der Waals surface area contributed by atoms with Gasteiger partial charge in [0.15, 0.2) is 0 Å². The van der Waals surface area contributed by atoms with Crippen molar-refractivity contribution in [1.29, 1.82) is 0 Å². The molecule has 0 aromatic carbocycles. The minimum absolute atomic E-state index is 0.314. The second-order valence-corrected chi connectivity index (χ2v) is 8.79. The Morgan fingerprint density at radius 3 is 3.12 bits per heavy atom. The van der Waals surface area contributed by atoms with E-state index >= 15 is 0 Å². The predicted molar refractivity (Wildman–Crippen MR) is 78.5 cm³/mol. The molecule has 0 saturated heterocycles. The third kappa shape index (κ3) is 3.56. The lowest BCUT2D eigenvalue weighted by Gasteiger charge is -2.30. The minimum Gasteiger partial charge on any atom is -0.306 e. The summed E-state index contributed by atoms with van der Waals surface area (Å²) in [5.74, 6) is 0.734. The van der Waals surface area contributed by atoms with Gasteiger partial charge in [-0.2, -0.15) is 0 Å². The van der Waals surface area contributed by atoms with Crippen LogP contribution < -0.4 is 5.32 Å². The molecule has 1 aromatic rings. The Labute approximate surface area is 114 Å². The fraction of sp³-hybridized carbons (Fsp3) is 0.667. The maximum Gasteiger partial charge on any atom is 0.0649 e. The Hall–Kier alpha value is 0.160. The zero-order chi connectivity index (χ0) is 12.4. The van der Waals surface area contributed by atoms with Crippen LogP contribution in [-0.2, 0) is 10.8 Å². The van der Waals surface area contributed by atoms with E-state index in [1.165, 1.54) is 9.77 Å². The summed E-state index contributed by atoms with van der Waals surface area (Å²) in [5, 5.41) is 6.46. The highest BCUT2D eigenvalue weighted by molar-refractivity contribution is 8.01. The Bertz CT molecular complexity index is 404. The summed E-state index contributed by atoms with van der Waals surface area (Å²) >= 11 is 3.82. The van der Waals surface area contributed by atoms with Gasteiger partial charge in [-0.3, -0.25) is 4.21 Å². The van der Waals surface area contributed by atoms with Crippen LogP contribution in [0.4, 0.5) is 0 Å². The molecule has 0 bridgehead atoms. The fourth-order valence-corrected chi connectivity index (χ4v) is 5.62. The van der Waals surface area contributed by atoms with Crippen LogP contribution in [0.25, 0.3) is 0 Å². The number of thiophene rings is 1. The van der Waals surface area contributed by atoms with E-state index in [1.54, 1.807) is 6.26 Å². The Morgan fingerprint density at radius 2 is 2.41 bits per heavy atom. The van der Waals surface area contributed by atoms with Crippen molar-refractivity contribution in [1.82, 2.24) is 5.32 Å². The van der Waals surface area contributed by atoms with Crippen LogP contribution in [0.3, 0.4) is 0 Å². The van der Waals surface area contributed by atoms with Crippen LogP contribution in [0.1, 0.15) is 31.9 Å². The smallest absolute Gasteiger partial charge is 0.0649 e. The molecular formula is C12H19NOS3. The molecule has 0 aliphatic carbocycles. The Morgan fingerprint density at radius 1 is 1.65 bits per heavy atom. The van der Waals surface area contributed by atoms with Gasteiger partial charge in [0.25, 0.3) is 0 Å². The van der Waals surface area contributed by atoms with E-state index in [2.05, 4.69) is 30.6 Å². The van der Waals surface area contributed by atoms with Crippen molar-refractivity contribution >= 4 is 33.9 Å². The molecule has 2 heterocycles. The third-order valence-electron chi connectivity index (χ3n) is 2.88. The topological polar surface area (TPSA) is 29.1 Å². The summed E-state index contributed by atoms with van der Waals surface area (Å²) in [6.07, 6.45) is 2.93. The van der Waals surface area contributed by atoms with Gasteiger partial charge >= 0.3 is 0 Å². The quantitative estimate of drug-likeness (QED) is 0.924. The van der Waals surface area contributed by atoms with Gasteiger partial charge in [-0.1, -0.05) is 6.92 Å². The van der Waals surface area contributed by atoms with Gasteiger partial charge in [0.05, 0.1) is 4.21 Å². The largest absolute Gasteiger partial charge is 0.306 e. The van der Waals surface area contributed by atoms with Gasteiger partial charge in [0.1, 0.15) is 0 Å². The first kappa shape index (κ1) is 13.6. The highest BCUT2D eigenvalue weighted by Crippen LogP contribution is 2.43. The molecule has 2 nitrogen and oxygen atoms in total. The molecule has 1 aromatic heterocycles. The molecule has 5 heteroatoms. The lowest BCUT2D eigenvalue weighted by atomic mass is 10.0. The molecule has 0 radical (unpaired) electrons. The maximum absolute atomic E-state index is 11.2. The van der Waals surface area contributed by atoms with Gasteiger partial charge in [0.2, 0.25) is 0 Å². The van der Waals surface area contributed by atoms with E-state index in [4.69, 9.17) is 0 Å². The van der Waals surface area contributed by atoms with Gasteiger partial charge in [-0.05, 0) is 30.4 Å². The fourth-order valence-electron chi connectivity index (χ4n) is 2.25. The summed E-state index contributed by atoms with van der Waals surface area (Å²) in [6.45, 7) is 4.41. The lowest BCUT2D eigenvalue weighted by molar-refractivity contribution is 0.446. The molecule has 4 atom stereocenters. The van der Waals surface area contributed by atoms with Crippen molar-refractivity contribution in [2.24, 2.45) is 0 Å². The van der Waals surface area contributed by atoms with E-state index < -0.39 is 10.8 Å². The van der Waals surface area contributed by atoms with Crippen molar-refractivity contribution in [3.63, 3.8) is 0 Å². The Balaban J connectivity index is 2.04. The number of nitrogens with one attached hydrogen (secondary N) is 1. The van der Waals surface area contributed by atoms with E-state index in [0.717, 1.165) is 12.2 Å². The molecule has 0 fully saturated rings. The number of rotatable bonds is 4. The Kier molecular flexibility index (Phi) is 4.69. The number of hydrogen-bond donors (Lipinski definition) is 1.